The first-order valence-corrected chi connectivity index (χ1v) is 15.2. The van der Waals surface area contributed by atoms with E-state index in [1.54, 1.807) is 6.92 Å². The molecule has 33 heavy (non-hydrogen) atoms. The molecule has 1 saturated heterocycles. The van der Waals surface area contributed by atoms with Gasteiger partial charge in [-0.15, -0.1) is 0 Å². The average molecular weight is 479 g/mol. The van der Waals surface area contributed by atoms with Gasteiger partial charge in [-0.2, -0.15) is 5.10 Å². The number of hydrogen-bond acceptors (Lipinski definition) is 3. The molecule has 0 N–H and O–H groups in total. The summed E-state index contributed by atoms with van der Waals surface area (Å²) in [6.07, 6.45) is 9.27. The highest BCUT2D eigenvalue weighted by Crippen LogP contribution is 2.85. The zero-order valence-corrected chi connectivity index (χ0v) is 22.9. The summed E-state index contributed by atoms with van der Waals surface area (Å²) in [5.74, 6) is 1.37. The van der Waals surface area contributed by atoms with Crippen LogP contribution in [-0.2, 0) is 9.22 Å². The Hall–Kier alpha value is -1.97. The van der Waals surface area contributed by atoms with E-state index in [0.717, 1.165) is 11.5 Å². The van der Waals surface area contributed by atoms with E-state index < -0.39 is 16.4 Å². The lowest BCUT2D eigenvalue weighted by atomic mass is 9.81. The molecular weight excluding hydrogens is 443 g/mol. The highest BCUT2D eigenvalue weighted by Gasteiger charge is 2.79. The van der Waals surface area contributed by atoms with Crippen molar-refractivity contribution >= 4 is 33.2 Å². The Morgan fingerprint density at radius 2 is 1.79 bits per heavy atom. The van der Waals surface area contributed by atoms with Crippen molar-refractivity contribution < 1.29 is 9.22 Å². The molecule has 174 valence electrons. The highest BCUT2D eigenvalue weighted by atomic mass is 31.1. The summed E-state index contributed by atoms with van der Waals surface area (Å²) in [6, 6.07) is 11.0. The summed E-state index contributed by atoms with van der Waals surface area (Å²) in [4.78, 5) is 12.9. The fraction of sp³-hybridized carbons (Fsp3) is 0.481. The molecule has 0 radical (unpaired) electrons. The van der Waals surface area contributed by atoms with E-state index in [4.69, 9.17) is 9.53 Å². The first-order chi connectivity index (χ1) is 15.4. The fourth-order valence-electron chi connectivity index (χ4n) is 6.64. The van der Waals surface area contributed by atoms with Crippen LogP contribution in [0.3, 0.4) is 0 Å². The van der Waals surface area contributed by atoms with E-state index in [1.807, 2.05) is 4.78 Å². The number of amides is 1. The lowest BCUT2D eigenvalue weighted by molar-refractivity contribution is -0.124. The minimum Gasteiger partial charge on any atom is -0.540 e. The van der Waals surface area contributed by atoms with Crippen LogP contribution in [0.15, 0.2) is 70.8 Å². The Morgan fingerprint density at radius 1 is 1.12 bits per heavy atom. The summed E-state index contributed by atoms with van der Waals surface area (Å²) >= 11 is 0. The van der Waals surface area contributed by atoms with Crippen molar-refractivity contribution in [2.45, 2.75) is 71.1 Å². The number of rotatable bonds is 1. The molecule has 5 rings (SSSR count). The van der Waals surface area contributed by atoms with Gasteiger partial charge in [0.25, 0.3) is 0 Å². The van der Waals surface area contributed by atoms with Crippen LogP contribution in [0.5, 0.6) is 0 Å². The number of benzene rings is 1. The quantitative estimate of drug-likeness (QED) is 0.345. The van der Waals surface area contributed by atoms with Crippen LogP contribution < -0.4 is 5.19 Å². The number of fused-ring (bicyclic) bond motifs is 3. The maximum atomic E-state index is 12.9. The van der Waals surface area contributed by atoms with Gasteiger partial charge in [0.2, 0.25) is 5.91 Å². The Labute approximate surface area is 200 Å². The van der Waals surface area contributed by atoms with Gasteiger partial charge in [0.1, 0.15) is 0 Å². The number of carbonyl (C=O) groups is 1. The maximum Gasteiger partial charge on any atom is 0.302 e. The maximum absolute atomic E-state index is 12.9. The Bertz CT molecular complexity index is 1140. The number of nitrogens with zero attached hydrogens (tertiary/aromatic N) is 2. The molecule has 1 unspecified atom stereocenters. The van der Waals surface area contributed by atoms with Gasteiger partial charge >= 0.3 is 8.32 Å². The summed E-state index contributed by atoms with van der Waals surface area (Å²) in [5.41, 5.74) is 1.15. The molecule has 4 nitrogen and oxygen atoms in total. The van der Waals surface area contributed by atoms with Crippen molar-refractivity contribution in [1.29, 1.82) is 0 Å². The SMILES string of the molecule is CC(=O)N1N=C(C)[C@@H]2[C@@H]3C=CC=C[C@]34C(=C(C(C)(C)C)O[Si@@]4(c3ccccc3)C(C)(C)C)P21. The van der Waals surface area contributed by atoms with Gasteiger partial charge in [-0.05, 0) is 17.1 Å². The van der Waals surface area contributed by atoms with Crippen LogP contribution >= 0.6 is 8.07 Å². The molecule has 1 aromatic rings. The molecule has 6 heteroatoms. The zero-order valence-electron chi connectivity index (χ0n) is 21.0. The molecule has 1 fully saturated rings. The van der Waals surface area contributed by atoms with E-state index in [1.165, 1.54) is 10.5 Å². The lowest BCUT2D eigenvalue weighted by Crippen LogP contribution is -2.65. The first-order valence-electron chi connectivity index (χ1n) is 11.9. The van der Waals surface area contributed by atoms with Crippen molar-refractivity contribution in [3.63, 3.8) is 0 Å². The molecule has 1 spiro atoms. The molecule has 3 aliphatic heterocycles. The predicted molar refractivity (Wildman–Crippen MR) is 140 cm³/mol. The Balaban J connectivity index is 1.92. The second-order valence-electron chi connectivity index (χ2n) is 11.8. The number of hydrazone groups is 1. The Kier molecular flexibility index (Phi) is 4.85. The van der Waals surface area contributed by atoms with E-state index >= 15 is 0 Å². The normalized spacial score (nSPS) is 34.7. The molecule has 0 saturated carbocycles. The first kappa shape index (κ1) is 22.8. The average Bonchev–Trinajstić information content (AvgIpc) is 3.32. The van der Waals surface area contributed by atoms with Crippen molar-refractivity contribution in [2.24, 2.45) is 16.4 Å². The van der Waals surface area contributed by atoms with Crippen molar-refractivity contribution in [2.75, 3.05) is 0 Å². The second kappa shape index (κ2) is 7.02. The molecule has 3 heterocycles. The van der Waals surface area contributed by atoms with E-state index in [9.17, 15) is 4.79 Å². The number of hydrogen-bond donors (Lipinski definition) is 0. The summed E-state index contributed by atoms with van der Waals surface area (Å²) in [7, 11) is -3.71. The smallest absolute Gasteiger partial charge is 0.302 e. The van der Waals surface area contributed by atoms with Crippen molar-refractivity contribution in [3.05, 3.63) is 65.7 Å². The predicted octanol–water partition coefficient (Wildman–Crippen LogP) is 6.43. The number of allylic oxidation sites excluding steroid dienone is 6. The van der Waals surface area contributed by atoms with E-state index in [2.05, 4.69) is 103 Å². The molecule has 1 aromatic carbocycles. The summed E-state index contributed by atoms with van der Waals surface area (Å²) < 4.78 is 9.34. The third kappa shape index (κ3) is 2.73. The van der Waals surface area contributed by atoms with Crippen molar-refractivity contribution in [3.8, 4) is 0 Å². The minimum absolute atomic E-state index is 0.0279. The van der Waals surface area contributed by atoms with Gasteiger partial charge in [-0.1, -0.05) is 96.2 Å². The lowest BCUT2D eigenvalue weighted by Gasteiger charge is -2.51. The van der Waals surface area contributed by atoms with Gasteiger partial charge < -0.3 is 4.43 Å². The highest BCUT2D eigenvalue weighted by molar-refractivity contribution is 7.63. The molecule has 0 aromatic heterocycles. The van der Waals surface area contributed by atoms with Gasteiger partial charge in [-0.3, -0.25) is 4.79 Å². The zero-order chi connectivity index (χ0) is 24.0. The minimum atomic E-state index is -2.74. The molecule has 1 aliphatic carbocycles. The third-order valence-corrected chi connectivity index (χ3v) is 16.6. The number of carbonyl (C=O) groups excluding carboxylic acids is 1. The van der Waals surface area contributed by atoms with Crippen LogP contribution in [0.1, 0.15) is 55.4 Å². The van der Waals surface area contributed by atoms with E-state index in [-0.39, 0.29) is 33.0 Å². The molecule has 5 atom stereocenters. The van der Waals surface area contributed by atoms with Crippen LogP contribution in [0.4, 0.5) is 0 Å². The fourth-order valence-corrected chi connectivity index (χ4v) is 17.2. The monoisotopic (exact) mass is 478 g/mol. The molecule has 0 bridgehead atoms. The van der Waals surface area contributed by atoms with Gasteiger partial charge in [0.15, 0.2) is 0 Å². The largest absolute Gasteiger partial charge is 0.540 e. The third-order valence-electron chi connectivity index (χ3n) is 7.68. The van der Waals surface area contributed by atoms with Gasteiger partial charge in [0.05, 0.1) is 24.5 Å². The van der Waals surface area contributed by atoms with Gasteiger partial charge in [0, 0.05) is 29.3 Å². The van der Waals surface area contributed by atoms with Crippen molar-refractivity contribution in [1.82, 2.24) is 4.78 Å². The van der Waals surface area contributed by atoms with Crippen LogP contribution in [0.25, 0.3) is 0 Å². The molecule has 1 amide bonds. The molecular formula is C27H35N2O2PSi. The standard InChI is InChI=1S/C27H35N2O2PSi/c1-18-22-21-16-12-13-17-27(21)24(32(22)29(28-18)19(2)30)23(25(3,4)5)31-33(27,26(6,7)8)20-14-10-9-11-15-20/h9-17,21-22H,1-8H3/t21-,22+,27+,32?,33-/m0/s1. The molecule has 4 aliphatic rings. The van der Waals surface area contributed by atoms with E-state index in [0.29, 0.717) is 0 Å². The summed E-state index contributed by atoms with van der Waals surface area (Å²) in [5, 5.41) is 7.19. The topological polar surface area (TPSA) is 41.9 Å². The second-order valence-corrected chi connectivity index (χ2v) is 18.3. The van der Waals surface area contributed by atoms with Crippen LogP contribution in [-0.4, -0.2) is 30.4 Å². The van der Waals surface area contributed by atoms with Gasteiger partial charge in [-0.25, -0.2) is 4.78 Å². The van der Waals surface area contributed by atoms with Crippen LogP contribution in [0.2, 0.25) is 10.1 Å². The Morgan fingerprint density at radius 3 is 2.36 bits per heavy atom. The summed E-state index contributed by atoms with van der Waals surface area (Å²) in [6.45, 7) is 17.6. The van der Waals surface area contributed by atoms with Crippen LogP contribution in [0, 0.1) is 11.3 Å².